The van der Waals surface area contributed by atoms with Gasteiger partial charge in [0.15, 0.2) is 0 Å². The molecule has 0 spiro atoms. The summed E-state index contributed by atoms with van der Waals surface area (Å²) in [5.41, 5.74) is 0.862. The second-order valence-electron chi connectivity index (χ2n) is 6.01. The Morgan fingerprint density at radius 3 is 2.32 bits per heavy atom. The smallest absolute Gasteiger partial charge is 0.251 e. The molecule has 0 unspecified atom stereocenters. The predicted molar refractivity (Wildman–Crippen MR) is 93.9 cm³/mol. The monoisotopic (exact) mass is 369 g/mol. The molecule has 25 heavy (non-hydrogen) atoms. The van der Waals surface area contributed by atoms with Gasteiger partial charge in [0.25, 0.3) is 5.91 Å². The minimum absolute atomic E-state index is 0.00733. The Morgan fingerprint density at radius 1 is 1.20 bits per heavy atom. The molecule has 9 heteroatoms. The van der Waals surface area contributed by atoms with E-state index in [1.165, 1.54) is 7.11 Å². The largest absolute Gasteiger partial charge is 0.375 e. The van der Waals surface area contributed by atoms with Gasteiger partial charge in [-0.2, -0.15) is 0 Å². The molecule has 0 saturated carbocycles. The SMILES string of the molecule is COCC(=O)N1CCC(NC(=O)c2ccc(NS(C)(=O)=O)cc2)CC1. The third-order valence-corrected chi connectivity index (χ3v) is 4.51. The minimum atomic E-state index is -3.34. The van der Waals surface area contributed by atoms with Crippen molar-refractivity contribution in [3.63, 3.8) is 0 Å². The number of piperidine rings is 1. The molecular formula is C16H23N3O5S. The first-order chi connectivity index (χ1) is 11.8. The first-order valence-corrected chi connectivity index (χ1v) is 9.83. The highest BCUT2D eigenvalue weighted by atomic mass is 32.2. The van der Waals surface area contributed by atoms with Crippen LogP contribution in [0.1, 0.15) is 23.2 Å². The molecule has 0 atom stereocenters. The summed E-state index contributed by atoms with van der Waals surface area (Å²) in [4.78, 5) is 25.8. The van der Waals surface area contributed by atoms with E-state index in [0.717, 1.165) is 6.26 Å². The fraction of sp³-hybridized carbons (Fsp3) is 0.500. The van der Waals surface area contributed by atoms with Gasteiger partial charge in [-0.1, -0.05) is 0 Å². The van der Waals surface area contributed by atoms with Crippen molar-refractivity contribution in [2.24, 2.45) is 0 Å². The van der Waals surface area contributed by atoms with Gasteiger partial charge in [0.1, 0.15) is 6.61 Å². The Balaban J connectivity index is 1.85. The number of anilines is 1. The fourth-order valence-electron chi connectivity index (χ4n) is 2.66. The molecule has 0 bridgehead atoms. The van der Waals surface area contributed by atoms with E-state index in [9.17, 15) is 18.0 Å². The number of likely N-dealkylation sites (tertiary alicyclic amines) is 1. The first-order valence-electron chi connectivity index (χ1n) is 7.94. The molecule has 1 aliphatic heterocycles. The van der Waals surface area contributed by atoms with Crippen LogP contribution in [0.4, 0.5) is 5.69 Å². The Morgan fingerprint density at radius 2 is 1.80 bits per heavy atom. The molecule has 1 aliphatic rings. The summed E-state index contributed by atoms with van der Waals surface area (Å²) in [6.45, 7) is 1.25. The predicted octanol–water partition coefficient (Wildman–Crippen LogP) is 0.425. The molecule has 1 heterocycles. The lowest BCUT2D eigenvalue weighted by molar-refractivity contribution is -0.136. The molecule has 1 saturated heterocycles. The van der Waals surface area contributed by atoms with Crippen molar-refractivity contribution >= 4 is 27.5 Å². The maximum absolute atomic E-state index is 12.3. The summed E-state index contributed by atoms with van der Waals surface area (Å²) in [7, 11) is -1.85. The van der Waals surface area contributed by atoms with Crippen molar-refractivity contribution < 1.29 is 22.7 Å². The fourth-order valence-corrected chi connectivity index (χ4v) is 3.22. The van der Waals surface area contributed by atoms with E-state index in [-0.39, 0.29) is 24.5 Å². The van der Waals surface area contributed by atoms with Crippen molar-refractivity contribution in [2.75, 3.05) is 37.8 Å². The van der Waals surface area contributed by atoms with E-state index in [0.29, 0.717) is 37.2 Å². The molecular weight excluding hydrogens is 346 g/mol. The highest BCUT2D eigenvalue weighted by Crippen LogP contribution is 2.14. The van der Waals surface area contributed by atoms with E-state index in [4.69, 9.17) is 4.74 Å². The molecule has 0 radical (unpaired) electrons. The number of rotatable bonds is 6. The third kappa shape index (κ3) is 6.02. The highest BCUT2D eigenvalue weighted by Gasteiger charge is 2.23. The third-order valence-electron chi connectivity index (χ3n) is 3.90. The summed E-state index contributed by atoms with van der Waals surface area (Å²) in [5, 5.41) is 2.95. The maximum Gasteiger partial charge on any atom is 0.251 e. The zero-order chi connectivity index (χ0) is 18.4. The summed E-state index contributed by atoms with van der Waals surface area (Å²) in [5.74, 6) is -0.256. The van der Waals surface area contributed by atoms with E-state index >= 15 is 0 Å². The number of hydrogen-bond acceptors (Lipinski definition) is 5. The molecule has 0 aliphatic carbocycles. The molecule has 2 rings (SSSR count). The van der Waals surface area contributed by atoms with Gasteiger partial charge in [-0.3, -0.25) is 14.3 Å². The normalized spacial score (nSPS) is 15.7. The van der Waals surface area contributed by atoms with Crippen molar-refractivity contribution in [1.82, 2.24) is 10.2 Å². The van der Waals surface area contributed by atoms with Gasteiger partial charge in [-0.05, 0) is 37.1 Å². The van der Waals surface area contributed by atoms with E-state index in [1.807, 2.05) is 0 Å². The molecule has 1 aromatic rings. The molecule has 2 N–H and O–H groups in total. The number of nitrogens with zero attached hydrogens (tertiary/aromatic N) is 1. The molecule has 138 valence electrons. The van der Waals surface area contributed by atoms with E-state index < -0.39 is 10.0 Å². The number of ether oxygens (including phenoxy) is 1. The molecule has 0 aromatic heterocycles. The second-order valence-corrected chi connectivity index (χ2v) is 7.76. The maximum atomic E-state index is 12.3. The van der Waals surface area contributed by atoms with Gasteiger partial charge in [-0.25, -0.2) is 8.42 Å². The topological polar surface area (TPSA) is 105 Å². The average molecular weight is 369 g/mol. The number of sulfonamides is 1. The minimum Gasteiger partial charge on any atom is -0.375 e. The zero-order valence-corrected chi connectivity index (χ0v) is 15.1. The number of benzene rings is 1. The Bertz CT molecular complexity index is 710. The number of nitrogens with one attached hydrogen (secondary N) is 2. The van der Waals surface area contributed by atoms with E-state index in [1.54, 1.807) is 29.2 Å². The summed E-state index contributed by atoms with van der Waals surface area (Å²) >= 11 is 0. The van der Waals surface area contributed by atoms with Crippen LogP contribution in [0.15, 0.2) is 24.3 Å². The number of amides is 2. The van der Waals surface area contributed by atoms with Crippen molar-refractivity contribution in [2.45, 2.75) is 18.9 Å². The summed E-state index contributed by atoms with van der Waals surface area (Å²) < 4.78 is 29.5. The standard InChI is InChI=1S/C16H23N3O5S/c1-24-11-15(20)19-9-7-13(8-10-19)17-16(21)12-3-5-14(6-4-12)18-25(2,22)23/h3-6,13,18H,7-11H2,1-2H3,(H,17,21). The van der Waals surface area contributed by atoms with Gasteiger partial charge < -0.3 is 15.0 Å². The van der Waals surface area contributed by atoms with E-state index in [2.05, 4.69) is 10.0 Å². The van der Waals surface area contributed by atoms with Crippen LogP contribution in [0.2, 0.25) is 0 Å². The Hall–Kier alpha value is -2.13. The van der Waals surface area contributed by atoms with Crippen LogP contribution in [-0.2, 0) is 19.6 Å². The quantitative estimate of drug-likeness (QED) is 0.756. The number of carbonyl (C=O) groups excluding carboxylic acids is 2. The van der Waals surface area contributed by atoms with Crippen molar-refractivity contribution in [3.8, 4) is 0 Å². The van der Waals surface area contributed by atoms with Crippen LogP contribution in [-0.4, -0.2) is 64.2 Å². The first kappa shape index (κ1) is 19.2. The lowest BCUT2D eigenvalue weighted by atomic mass is 10.0. The molecule has 2 amide bonds. The van der Waals surface area contributed by atoms with Crippen LogP contribution in [0, 0.1) is 0 Å². The lowest BCUT2D eigenvalue weighted by Crippen LogP contribution is -2.47. The summed E-state index contributed by atoms with van der Waals surface area (Å²) in [6.07, 6.45) is 2.45. The Labute approximate surface area is 147 Å². The molecule has 8 nitrogen and oxygen atoms in total. The van der Waals surface area contributed by atoms with Gasteiger partial charge in [-0.15, -0.1) is 0 Å². The van der Waals surface area contributed by atoms with Crippen molar-refractivity contribution in [1.29, 1.82) is 0 Å². The Kier molecular flexibility index (Phi) is 6.38. The average Bonchev–Trinajstić information content (AvgIpc) is 2.55. The summed E-state index contributed by atoms with van der Waals surface area (Å²) in [6, 6.07) is 6.23. The van der Waals surface area contributed by atoms with Crippen molar-refractivity contribution in [3.05, 3.63) is 29.8 Å². The van der Waals surface area contributed by atoms with Crippen LogP contribution < -0.4 is 10.0 Å². The van der Waals surface area contributed by atoms with Gasteiger partial charge in [0, 0.05) is 37.5 Å². The number of carbonyl (C=O) groups is 2. The number of hydrogen-bond donors (Lipinski definition) is 2. The zero-order valence-electron chi connectivity index (χ0n) is 14.3. The molecule has 1 aromatic carbocycles. The van der Waals surface area contributed by atoms with Crippen LogP contribution in [0.3, 0.4) is 0 Å². The van der Waals surface area contributed by atoms with Crippen LogP contribution in [0.25, 0.3) is 0 Å². The number of methoxy groups -OCH3 is 1. The lowest BCUT2D eigenvalue weighted by Gasteiger charge is -2.32. The van der Waals surface area contributed by atoms with Crippen LogP contribution >= 0.6 is 0 Å². The van der Waals surface area contributed by atoms with Gasteiger partial charge in [0.2, 0.25) is 15.9 Å². The highest BCUT2D eigenvalue weighted by molar-refractivity contribution is 7.92. The van der Waals surface area contributed by atoms with Gasteiger partial charge in [0.05, 0.1) is 6.26 Å². The van der Waals surface area contributed by atoms with Crippen LogP contribution in [0.5, 0.6) is 0 Å². The molecule has 1 fully saturated rings. The second kappa shape index (κ2) is 8.30. The van der Waals surface area contributed by atoms with Gasteiger partial charge >= 0.3 is 0 Å².